The van der Waals surface area contributed by atoms with Gasteiger partial charge in [0.05, 0.1) is 13.2 Å². The molecular weight excluding hydrogens is 448 g/mol. The highest BCUT2D eigenvalue weighted by Crippen LogP contribution is 2.22. The van der Waals surface area contributed by atoms with Gasteiger partial charge in [-0.25, -0.2) is 4.98 Å². The van der Waals surface area contributed by atoms with Gasteiger partial charge in [-0.3, -0.25) is 4.79 Å². The molecule has 2 aromatic carbocycles. The second-order valence-electron chi connectivity index (χ2n) is 7.54. The third kappa shape index (κ3) is 6.00. The number of methoxy groups -OCH3 is 1. The Morgan fingerprint density at radius 3 is 2.84 bits per heavy atom. The largest absolute Gasteiger partial charge is 0.497 e. The van der Waals surface area contributed by atoms with E-state index in [-0.39, 0.29) is 12.0 Å². The number of aromatic nitrogens is 1. The molecule has 0 bridgehead atoms. The SMILES string of the molecule is COc1cccc(CN(CC2CCCO2)C(=O)c2csc(COc3ccc(Cl)cc3)n2)c1. The highest BCUT2D eigenvalue weighted by molar-refractivity contribution is 7.09. The van der Waals surface area contributed by atoms with E-state index in [2.05, 4.69) is 4.98 Å². The Kier molecular flexibility index (Phi) is 7.63. The summed E-state index contributed by atoms with van der Waals surface area (Å²) in [5.74, 6) is 1.36. The van der Waals surface area contributed by atoms with Gasteiger partial charge in [0, 0.05) is 30.1 Å². The van der Waals surface area contributed by atoms with Gasteiger partial charge in [-0.15, -0.1) is 11.3 Å². The molecule has 2 heterocycles. The van der Waals surface area contributed by atoms with E-state index in [0.29, 0.717) is 36.2 Å². The standard InChI is InChI=1S/C24H25ClN2O4S/c1-29-20-5-2-4-17(12-20)13-27(14-21-6-3-11-30-21)24(28)22-16-32-23(26-22)15-31-19-9-7-18(25)8-10-19/h2,4-5,7-10,12,16,21H,3,6,11,13-15H2,1H3. The topological polar surface area (TPSA) is 60.9 Å². The van der Waals surface area contributed by atoms with Gasteiger partial charge in [-0.2, -0.15) is 0 Å². The van der Waals surface area contributed by atoms with Crippen molar-refractivity contribution in [2.75, 3.05) is 20.3 Å². The number of carbonyl (C=O) groups is 1. The van der Waals surface area contributed by atoms with Gasteiger partial charge in [0.1, 0.15) is 28.8 Å². The maximum Gasteiger partial charge on any atom is 0.273 e. The number of nitrogens with zero attached hydrogens (tertiary/aromatic N) is 2. The van der Waals surface area contributed by atoms with Gasteiger partial charge < -0.3 is 19.1 Å². The molecule has 1 amide bonds. The van der Waals surface area contributed by atoms with Crippen LogP contribution in [-0.2, 0) is 17.9 Å². The normalized spacial score (nSPS) is 15.5. The van der Waals surface area contributed by atoms with E-state index in [0.717, 1.165) is 35.8 Å². The average Bonchev–Trinajstić information content (AvgIpc) is 3.50. The quantitative estimate of drug-likeness (QED) is 0.428. The Bertz CT molecular complexity index is 1030. The number of benzene rings is 2. The summed E-state index contributed by atoms with van der Waals surface area (Å²) in [5, 5.41) is 3.18. The van der Waals surface area contributed by atoms with E-state index in [1.165, 1.54) is 11.3 Å². The van der Waals surface area contributed by atoms with Crippen LogP contribution in [0.2, 0.25) is 5.02 Å². The van der Waals surface area contributed by atoms with E-state index in [4.69, 9.17) is 25.8 Å². The van der Waals surface area contributed by atoms with Crippen molar-refractivity contribution in [2.24, 2.45) is 0 Å². The van der Waals surface area contributed by atoms with Crippen LogP contribution >= 0.6 is 22.9 Å². The summed E-state index contributed by atoms with van der Waals surface area (Å²) in [6.07, 6.45) is 2.03. The van der Waals surface area contributed by atoms with Gasteiger partial charge in [0.15, 0.2) is 0 Å². The van der Waals surface area contributed by atoms with Crippen molar-refractivity contribution in [2.45, 2.75) is 32.1 Å². The predicted molar refractivity (Wildman–Crippen MR) is 125 cm³/mol. The van der Waals surface area contributed by atoms with Gasteiger partial charge in [-0.1, -0.05) is 23.7 Å². The molecule has 8 heteroatoms. The fourth-order valence-corrected chi connectivity index (χ4v) is 4.36. The molecule has 32 heavy (non-hydrogen) atoms. The van der Waals surface area contributed by atoms with Crippen molar-refractivity contribution in [1.29, 1.82) is 0 Å². The fraction of sp³-hybridized carbons (Fsp3) is 0.333. The number of ether oxygens (including phenoxy) is 3. The monoisotopic (exact) mass is 472 g/mol. The molecule has 0 radical (unpaired) electrons. The lowest BCUT2D eigenvalue weighted by molar-refractivity contribution is 0.0503. The molecule has 1 aliphatic heterocycles. The molecule has 0 spiro atoms. The van der Waals surface area contributed by atoms with Crippen LogP contribution in [-0.4, -0.2) is 42.2 Å². The second-order valence-corrected chi connectivity index (χ2v) is 8.92. The summed E-state index contributed by atoms with van der Waals surface area (Å²) in [7, 11) is 1.64. The summed E-state index contributed by atoms with van der Waals surface area (Å²) >= 11 is 7.32. The lowest BCUT2D eigenvalue weighted by Gasteiger charge is -2.25. The minimum Gasteiger partial charge on any atom is -0.497 e. The minimum absolute atomic E-state index is 0.0518. The molecule has 1 saturated heterocycles. The summed E-state index contributed by atoms with van der Waals surface area (Å²) in [4.78, 5) is 19.7. The van der Waals surface area contributed by atoms with Gasteiger partial charge >= 0.3 is 0 Å². The Hall–Kier alpha value is -2.61. The van der Waals surface area contributed by atoms with E-state index in [1.54, 1.807) is 36.8 Å². The molecule has 1 fully saturated rings. The van der Waals surface area contributed by atoms with Crippen LogP contribution < -0.4 is 9.47 Å². The fourth-order valence-electron chi connectivity index (χ4n) is 3.56. The van der Waals surface area contributed by atoms with Gasteiger partial charge in [-0.05, 0) is 54.8 Å². The van der Waals surface area contributed by atoms with Crippen LogP contribution in [0.4, 0.5) is 0 Å². The summed E-state index contributed by atoms with van der Waals surface area (Å²) in [5.41, 5.74) is 1.42. The molecule has 3 aromatic rings. The molecule has 0 saturated carbocycles. The molecule has 168 valence electrons. The number of carbonyl (C=O) groups excluding carboxylic acids is 1. The first-order valence-corrected chi connectivity index (χ1v) is 11.7. The maximum atomic E-state index is 13.3. The zero-order valence-corrected chi connectivity index (χ0v) is 19.4. The predicted octanol–water partition coefficient (Wildman–Crippen LogP) is 5.21. The number of rotatable bonds is 9. The Morgan fingerprint density at radius 1 is 1.25 bits per heavy atom. The lowest BCUT2D eigenvalue weighted by atomic mass is 10.1. The highest BCUT2D eigenvalue weighted by Gasteiger charge is 2.25. The maximum absolute atomic E-state index is 13.3. The van der Waals surface area contributed by atoms with Crippen molar-refractivity contribution >= 4 is 28.8 Å². The number of hydrogen-bond acceptors (Lipinski definition) is 6. The Labute approximate surface area is 196 Å². The first kappa shape index (κ1) is 22.6. The number of thiazole rings is 1. The zero-order chi connectivity index (χ0) is 22.3. The van der Waals surface area contributed by atoms with Crippen LogP contribution in [0.25, 0.3) is 0 Å². The molecule has 6 nitrogen and oxygen atoms in total. The van der Waals surface area contributed by atoms with E-state index in [9.17, 15) is 4.79 Å². The van der Waals surface area contributed by atoms with Crippen molar-refractivity contribution in [3.63, 3.8) is 0 Å². The number of amides is 1. The third-order valence-corrected chi connectivity index (χ3v) is 6.26. The van der Waals surface area contributed by atoms with Crippen LogP contribution in [0.5, 0.6) is 11.5 Å². The van der Waals surface area contributed by atoms with Crippen LogP contribution in [0.1, 0.15) is 33.9 Å². The Balaban J connectivity index is 1.45. The molecule has 4 rings (SSSR count). The first-order chi connectivity index (χ1) is 15.6. The number of halogens is 1. The zero-order valence-electron chi connectivity index (χ0n) is 17.8. The van der Waals surface area contributed by atoms with E-state index in [1.807, 2.05) is 29.2 Å². The molecule has 1 unspecified atom stereocenters. The van der Waals surface area contributed by atoms with Crippen molar-refractivity contribution in [3.05, 3.63) is 75.2 Å². The smallest absolute Gasteiger partial charge is 0.273 e. The van der Waals surface area contributed by atoms with Crippen LogP contribution in [0.15, 0.2) is 53.9 Å². The minimum atomic E-state index is -0.114. The lowest BCUT2D eigenvalue weighted by Crippen LogP contribution is -2.37. The van der Waals surface area contributed by atoms with Crippen LogP contribution in [0, 0.1) is 0 Å². The van der Waals surface area contributed by atoms with Crippen LogP contribution in [0.3, 0.4) is 0 Å². The van der Waals surface area contributed by atoms with Crippen molar-refractivity contribution in [1.82, 2.24) is 9.88 Å². The van der Waals surface area contributed by atoms with E-state index >= 15 is 0 Å². The summed E-state index contributed by atoms with van der Waals surface area (Å²) in [6.45, 7) is 2.03. The van der Waals surface area contributed by atoms with Crippen molar-refractivity contribution < 1.29 is 19.0 Å². The first-order valence-electron chi connectivity index (χ1n) is 10.5. The molecule has 1 aromatic heterocycles. The van der Waals surface area contributed by atoms with E-state index < -0.39 is 0 Å². The Morgan fingerprint density at radius 2 is 2.09 bits per heavy atom. The molecule has 1 aliphatic rings. The summed E-state index contributed by atoms with van der Waals surface area (Å²) in [6, 6.07) is 14.9. The molecule has 0 aliphatic carbocycles. The van der Waals surface area contributed by atoms with Gasteiger partial charge in [0.25, 0.3) is 5.91 Å². The second kappa shape index (κ2) is 10.8. The highest BCUT2D eigenvalue weighted by atomic mass is 35.5. The third-order valence-electron chi connectivity index (χ3n) is 5.19. The van der Waals surface area contributed by atoms with Gasteiger partial charge in [0.2, 0.25) is 0 Å². The molecule has 0 N–H and O–H groups in total. The summed E-state index contributed by atoms with van der Waals surface area (Å²) < 4.78 is 16.9. The average molecular weight is 473 g/mol. The van der Waals surface area contributed by atoms with Crippen molar-refractivity contribution in [3.8, 4) is 11.5 Å². The molecule has 1 atom stereocenters. The number of hydrogen-bond donors (Lipinski definition) is 0. The molecular formula is C24H25ClN2O4S.